The third-order valence-electron chi connectivity index (χ3n) is 7.73. The van der Waals surface area contributed by atoms with Gasteiger partial charge in [0.1, 0.15) is 5.75 Å². The summed E-state index contributed by atoms with van der Waals surface area (Å²) in [7, 11) is 0. The molecule has 0 aliphatic heterocycles. The molecule has 3 aromatic rings. The van der Waals surface area contributed by atoms with Crippen LogP contribution in [0.15, 0.2) is 77.8 Å². The van der Waals surface area contributed by atoms with Gasteiger partial charge in [0.15, 0.2) is 0 Å². The minimum Gasteiger partial charge on any atom is -0.507 e. The first-order valence-corrected chi connectivity index (χ1v) is 11.9. The molecule has 1 N–H and O–H groups in total. The highest BCUT2D eigenvalue weighted by Gasteiger charge is 2.34. The molecule has 0 spiro atoms. The van der Waals surface area contributed by atoms with Crippen molar-refractivity contribution in [3.05, 3.63) is 101 Å². The fourth-order valence-corrected chi connectivity index (χ4v) is 5.23. The second-order valence-corrected chi connectivity index (χ2v) is 9.66. The van der Waals surface area contributed by atoms with Gasteiger partial charge in [-0.05, 0) is 48.8 Å². The Balaban J connectivity index is 1.82. The lowest BCUT2D eigenvalue weighted by atomic mass is 9.70. The number of benzene rings is 3. The molecular formula is C30H35NO. The molecule has 0 amide bonds. The number of nitrogens with zero attached hydrogens (tertiary/aromatic N) is 1. The summed E-state index contributed by atoms with van der Waals surface area (Å²) in [4.78, 5) is 4.99. The number of aromatic hydroxyl groups is 1. The molecule has 0 aromatic heterocycles. The highest BCUT2D eigenvalue weighted by molar-refractivity contribution is 5.87. The van der Waals surface area contributed by atoms with E-state index in [9.17, 15) is 5.11 Å². The second kappa shape index (κ2) is 9.32. The van der Waals surface area contributed by atoms with Crippen molar-refractivity contribution in [2.75, 3.05) is 0 Å². The maximum Gasteiger partial charge on any atom is 0.129 e. The van der Waals surface area contributed by atoms with Crippen molar-refractivity contribution >= 4 is 6.21 Å². The van der Waals surface area contributed by atoms with E-state index >= 15 is 0 Å². The van der Waals surface area contributed by atoms with Gasteiger partial charge in [-0.2, -0.15) is 0 Å². The number of hydrogen-bond acceptors (Lipinski definition) is 2. The molecule has 3 unspecified atom stereocenters. The van der Waals surface area contributed by atoms with Gasteiger partial charge < -0.3 is 5.11 Å². The fourth-order valence-electron chi connectivity index (χ4n) is 5.23. The molecule has 2 heteroatoms. The van der Waals surface area contributed by atoms with Gasteiger partial charge in [0.2, 0.25) is 0 Å². The van der Waals surface area contributed by atoms with Gasteiger partial charge in [0.05, 0.1) is 6.04 Å². The minimum atomic E-state index is -0.477. The van der Waals surface area contributed by atoms with E-state index in [1.807, 2.05) is 18.3 Å². The van der Waals surface area contributed by atoms with E-state index in [-0.39, 0.29) is 0 Å². The summed E-state index contributed by atoms with van der Waals surface area (Å²) in [6.07, 6.45) is 5.59. The van der Waals surface area contributed by atoms with E-state index in [0.717, 1.165) is 34.2 Å². The normalized spacial score (nSPS) is 21.7. The third-order valence-corrected chi connectivity index (χ3v) is 7.73. The monoisotopic (exact) mass is 425 g/mol. The first-order chi connectivity index (χ1) is 15.4. The second-order valence-electron chi connectivity index (χ2n) is 9.66. The van der Waals surface area contributed by atoms with Gasteiger partial charge in [-0.25, -0.2) is 0 Å². The number of hydrogen-bond donors (Lipinski definition) is 1. The van der Waals surface area contributed by atoms with E-state index < -0.39 is 5.41 Å². The van der Waals surface area contributed by atoms with Crippen molar-refractivity contribution in [1.29, 1.82) is 0 Å². The summed E-state index contributed by atoms with van der Waals surface area (Å²) in [6, 6.07) is 25.4. The molecule has 0 heterocycles. The molecule has 2 nitrogen and oxygen atoms in total. The average Bonchev–Trinajstić information content (AvgIpc) is 2.82. The summed E-state index contributed by atoms with van der Waals surface area (Å²) < 4.78 is 0. The molecule has 32 heavy (non-hydrogen) atoms. The van der Waals surface area contributed by atoms with Crippen LogP contribution in [-0.4, -0.2) is 17.4 Å². The Hall–Kier alpha value is -2.87. The van der Waals surface area contributed by atoms with Crippen LogP contribution in [0, 0.1) is 18.8 Å². The van der Waals surface area contributed by atoms with Crippen molar-refractivity contribution in [3.8, 4) is 5.75 Å². The van der Waals surface area contributed by atoms with Crippen LogP contribution in [0.5, 0.6) is 5.75 Å². The van der Waals surface area contributed by atoms with Crippen molar-refractivity contribution in [2.24, 2.45) is 16.8 Å². The Morgan fingerprint density at radius 3 is 2.06 bits per heavy atom. The zero-order valence-corrected chi connectivity index (χ0v) is 19.8. The van der Waals surface area contributed by atoms with Crippen LogP contribution in [-0.2, 0) is 5.41 Å². The molecule has 0 saturated heterocycles. The number of rotatable bonds is 5. The number of aliphatic imine (C=N–C) groups is 1. The van der Waals surface area contributed by atoms with E-state index in [1.165, 1.54) is 12.8 Å². The summed E-state index contributed by atoms with van der Waals surface area (Å²) in [5, 5.41) is 11.6. The number of aryl methyl sites for hydroxylation is 1. The van der Waals surface area contributed by atoms with Gasteiger partial charge in [-0.1, -0.05) is 99.5 Å². The van der Waals surface area contributed by atoms with Gasteiger partial charge in [0, 0.05) is 22.8 Å². The van der Waals surface area contributed by atoms with Gasteiger partial charge in [0.25, 0.3) is 0 Å². The Labute approximate surface area is 193 Å². The Morgan fingerprint density at radius 2 is 1.47 bits per heavy atom. The smallest absolute Gasteiger partial charge is 0.129 e. The van der Waals surface area contributed by atoms with Crippen LogP contribution < -0.4 is 0 Å². The molecular weight excluding hydrogens is 390 g/mol. The van der Waals surface area contributed by atoms with Crippen LogP contribution in [0.1, 0.15) is 67.9 Å². The molecule has 1 saturated carbocycles. The maximum absolute atomic E-state index is 11.6. The SMILES string of the molecule is Cc1ccc(C(C)(c2ccccc2)c2ccccc2)c(O)c1C=NC1CCCC(C)C1C. The first-order valence-electron chi connectivity index (χ1n) is 11.9. The average molecular weight is 426 g/mol. The van der Waals surface area contributed by atoms with Gasteiger partial charge >= 0.3 is 0 Å². The minimum absolute atomic E-state index is 0.329. The molecule has 0 radical (unpaired) electrons. The van der Waals surface area contributed by atoms with Crippen molar-refractivity contribution in [1.82, 2.24) is 0 Å². The standard InChI is InChI=1S/C30H35NO/c1-21-12-11-17-28(23(21)3)31-20-26-22(2)18-19-27(29(26)32)30(4,24-13-7-5-8-14-24)25-15-9-6-10-16-25/h5-10,13-16,18-21,23,28,32H,11-12,17H2,1-4H3. The van der Waals surface area contributed by atoms with Crippen molar-refractivity contribution < 1.29 is 5.11 Å². The molecule has 3 aromatic carbocycles. The molecule has 1 fully saturated rings. The van der Waals surface area contributed by atoms with Crippen molar-refractivity contribution in [3.63, 3.8) is 0 Å². The predicted molar refractivity (Wildman–Crippen MR) is 135 cm³/mol. The lowest BCUT2D eigenvalue weighted by Gasteiger charge is -2.33. The first kappa shape index (κ1) is 22.3. The summed E-state index contributed by atoms with van der Waals surface area (Å²) in [6.45, 7) is 8.91. The number of phenolic OH excluding ortho intramolecular Hbond substituents is 1. The van der Waals surface area contributed by atoms with Gasteiger partial charge in [-0.3, -0.25) is 4.99 Å². The molecule has 1 aliphatic rings. The Bertz CT molecular complexity index is 1030. The van der Waals surface area contributed by atoms with E-state index in [0.29, 0.717) is 23.6 Å². The summed E-state index contributed by atoms with van der Waals surface area (Å²) in [5.74, 6) is 1.61. The Kier molecular flexibility index (Phi) is 6.50. The van der Waals surface area contributed by atoms with Crippen LogP contribution in [0.3, 0.4) is 0 Å². The predicted octanol–water partition coefficient (Wildman–Crippen LogP) is 7.30. The third kappa shape index (κ3) is 4.11. The number of phenols is 1. The summed E-state index contributed by atoms with van der Waals surface area (Å²) in [5.41, 5.74) is 4.63. The van der Waals surface area contributed by atoms with Crippen LogP contribution in [0.2, 0.25) is 0 Å². The molecule has 166 valence electrons. The molecule has 4 rings (SSSR count). The topological polar surface area (TPSA) is 32.6 Å². The lowest BCUT2D eigenvalue weighted by Crippen LogP contribution is -2.27. The van der Waals surface area contributed by atoms with E-state index in [4.69, 9.17) is 4.99 Å². The molecule has 1 aliphatic carbocycles. The lowest BCUT2D eigenvalue weighted by molar-refractivity contribution is 0.242. The van der Waals surface area contributed by atoms with Crippen LogP contribution in [0.4, 0.5) is 0 Å². The zero-order chi connectivity index (χ0) is 22.7. The molecule has 0 bridgehead atoms. The van der Waals surface area contributed by atoms with Crippen molar-refractivity contribution in [2.45, 2.75) is 58.4 Å². The maximum atomic E-state index is 11.6. The quantitative estimate of drug-likeness (QED) is 0.338. The Morgan fingerprint density at radius 1 is 0.875 bits per heavy atom. The largest absolute Gasteiger partial charge is 0.507 e. The highest BCUT2D eigenvalue weighted by Crippen LogP contribution is 2.44. The van der Waals surface area contributed by atoms with Crippen LogP contribution in [0.25, 0.3) is 0 Å². The van der Waals surface area contributed by atoms with Gasteiger partial charge in [-0.15, -0.1) is 0 Å². The summed E-state index contributed by atoms with van der Waals surface area (Å²) >= 11 is 0. The fraction of sp³-hybridized carbons (Fsp3) is 0.367. The zero-order valence-electron chi connectivity index (χ0n) is 19.8. The highest BCUT2D eigenvalue weighted by atomic mass is 16.3. The molecule has 3 atom stereocenters. The van der Waals surface area contributed by atoms with Crippen LogP contribution >= 0.6 is 0 Å². The van der Waals surface area contributed by atoms with E-state index in [2.05, 4.69) is 88.4 Å². The van der Waals surface area contributed by atoms with E-state index in [1.54, 1.807) is 0 Å².